The smallest absolute Gasteiger partial charge is 0.268 e. The van der Waals surface area contributed by atoms with Gasteiger partial charge in [0.25, 0.3) is 5.91 Å². The lowest BCUT2D eigenvalue weighted by Gasteiger charge is -2.38. The van der Waals surface area contributed by atoms with Crippen LogP contribution in [0.4, 0.5) is 4.39 Å². The summed E-state index contributed by atoms with van der Waals surface area (Å²) in [6, 6.07) is 6.66. The summed E-state index contributed by atoms with van der Waals surface area (Å²) in [5.41, 5.74) is 3.36. The lowest BCUT2D eigenvalue weighted by Crippen LogP contribution is -2.42. The normalized spacial score (nSPS) is 16.1. The molecule has 1 heterocycles. The molecule has 1 aliphatic rings. The van der Waals surface area contributed by atoms with E-state index < -0.39 is 0 Å². The number of aromatic nitrogens is 1. The quantitative estimate of drug-likeness (QED) is 0.755. The van der Waals surface area contributed by atoms with Crippen molar-refractivity contribution >= 4 is 11.7 Å². The highest BCUT2D eigenvalue weighted by Crippen LogP contribution is 2.39. The Kier molecular flexibility index (Phi) is 5.49. The molecule has 0 spiro atoms. The Morgan fingerprint density at radius 2 is 1.74 bits per heavy atom. The summed E-state index contributed by atoms with van der Waals surface area (Å²) in [5.74, 6) is -0.492. The maximum Gasteiger partial charge on any atom is 0.268 e. The van der Waals surface area contributed by atoms with E-state index >= 15 is 0 Å². The summed E-state index contributed by atoms with van der Waals surface area (Å²) in [5, 5.41) is 3.07. The minimum Gasteiger partial charge on any atom is -0.354 e. The fourth-order valence-electron chi connectivity index (χ4n) is 4.44. The lowest BCUT2D eigenvalue weighted by molar-refractivity contribution is 0.0931. The third-order valence-electron chi connectivity index (χ3n) is 5.87. The lowest BCUT2D eigenvalue weighted by atomic mass is 9.69. The van der Waals surface area contributed by atoms with Gasteiger partial charge in [-0.15, -0.1) is 0 Å². The van der Waals surface area contributed by atoms with E-state index in [1.54, 1.807) is 6.92 Å². The van der Waals surface area contributed by atoms with Crippen molar-refractivity contribution in [3.63, 3.8) is 0 Å². The average molecular weight is 370 g/mol. The summed E-state index contributed by atoms with van der Waals surface area (Å²) in [7, 11) is 0. The van der Waals surface area contributed by atoms with Gasteiger partial charge in [0.1, 0.15) is 11.5 Å². The first-order valence-corrected chi connectivity index (χ1v) is 9.58. The van der Waals surface area contributed by atoms with E-state index in [-0.39, 0.29) is 22.9 Å². The zero-order chi connectivity index (χ0) is 19.6. The molecule has 2 N–H and O–H groups in total. The maximum atomic E-state index is 13.4. The number of amides is 1. The van der Waals surface area contributed by atoms with Gasteiger partial charge in [-0.2, -0.15) is 0 Å². The predicted octanol–water partition coefficient (Wildman–Crippen LogP) is 4.61. The molecule has 0 bridgehead atoms. The number of hydrogen-bond donors (Lipinski definition) is 2. The minimum absolute atomic E-state index is 0.0460. The van der Waals surface area contributed by atoms with Crippen molar-refractivity contribution in [1.29, 1.82) is 0 Å². The molecule has 1 amide bonds. The van der Waals surface area contributed by atoms with Crippen LogP contribution in [0.25, 0.3) is 0 Å². The molecule has 27 heavy (non-hydrogen) atoms. The molecule has 4 nitrogen and oxygen atoms in total. The van der Waals surface area contributed by atoms with Crippen LogP contribution >= 0.6 is 0 Å². The predicted molar refractivity (Wildman–Crippen MR) is 104 cm³/mol. The van der Waals surface area contributed by atoms with E-state index in [4.69, 9.17) is 0 Å². The van der Waals surface area contributed by atoms with Crippen molar-refractivity contribution in [1.82, 2.24) is 10.3 Å². The average Bonchev–Trinajstić information content (AvgIpc) is 2.95. The van der Waals surface area contributed by atoms with Gasteiger partial charge in [0, 0.05) is 23.2 Å². The number of benzene rings is 1. The van der Waals surface area contributed by atoms with Crippen LogP contribution in [0, 0.1) is 19.7 Å². The molecule has 1 aromatic carbocycles. The van der Waals surface area contributed by atoms with Gasteiger partial charge in [-0.25, -0.2) is 4.39 Å². The number of carbonyl (C=O) groups is 2. The minimum atomic E-state index is -0.247. The van der Waals surface area contributed by atoms with Crippen LogP contribution in [0.3, 0.4) is 0 Å². The summed E-state index contributed by atoms with van der Waals surface area (Å²) in [4.78, 5) is 27.7. The second-order valence-electron chi connectivity index (χ2n) is 7.71. The number of hydrogen-bond acceptors (Lipinski definition) is 2. The molecular weight excluding hydrogens is 343 g/mol. The second kappa shape index (κ2) is 7.67. The first-order valence-electron chi connectivity index (χ1n) is 9.58. The number of Topliss-reactive ketones (excluding diaryl/α,β-unsaturated/α-hetero) is 1. The van der Waals surface area contributed by atoms with Crippen LogP contribution in [0.5, 0.6) is 0 Å². The highest BCUT2D eigenvalue weighted by Gasteiger charge is 2.34. The van der Waals surface area contributed by atoms with Crippen LogP contribution in [0.2, 0.25) is 0 Å². The molecule has 1 aliphatic carbocycles. The monoisotopic (exact) mass is 370 g/mol. The van der Waals surface area contributed by atoms with Gasteiger partial charge in [-0.05, 0) is 56.9 Å². The number of nitrogens with one attached hydrogen (secondary N) is 2. The van der Waals surface area contributed by atoms with Crippen molar-refractivity contribution in [2.75, 3.05) is 6.54 Å². The van der Waals surface area contributed by atoms with Crippen LogP contribution < -0.4 is 5.32 Å². The van der Waals surface area contributed by atoms with E-state index in [0.29, 0.717) is 23.4 Å². The fraction of sp³-hybridized carbons (Fsp3) is 0.455. The molecule has 1 saturated carbocycles. The Morgan fingerprint density at radius 1 is 1.11 bits per heavy atom. The van der Waals surface area contributed by atoms with Gasteiger partial charge in [0.2, 0.25) is 0 Å². The number of H-pyrrole nitrogens is 1. The van der Waals surface area contributed by atoms with Gasteiger partial charge in [0.15, 0.2) is 5.78 Å². The van der Waals surface area contributed by atoms with Crippen molar-refractivity contribution in [3.05, 3.63) is 58.2 Å². The van der Waals surface area contributed by atoms with Crippen LogP contribution in [-0.4, -0.2) is 23.2 Å². The summed E-state index contributed by atoms with van der Waals surface area (Å²) in [6.45, 7) is 5.62. The van der Waals surface area contributed by atoms with E-state index in [9.17, 15) is 14.0 Å². The molecule has 144 valence electrons. The van der Waals surface area contributed by atoms with E-state index in [1.807, 2.05) is 19.1 Å². The summed E-state index contributed by atoms with van der Waals surface area (Å²) in [6.07, 6.45) is 5.33. The highest BCUT2D eigenvalue weighted by atomic mass is 19.1. The summed E-state index contributed by atoms with van der Waals surface area (Å²) < 4.78 is 13.4. The van der Waals surface area contributed by atoms with Crippen molar-refractivity contribution in [3.8, 4) is 0 Å². The number of ketones is 1. The van der Waals surface area contributed by atoms with Gasteiger partial charge in [0.05, 0.1) is 0 Å². The molecule has 0 atom stereocenters. The number of aromatic amines is 1. The summed E-state index contributed by atoms with van der Waals surface area (Å²) >= 11 is 0. The van der Waals surface area contributed by atoms with Crippen LogP contribution in [-0.2, 0) is 5.41 Å². The number of rotatable bonds is 5. The Bertz CT molecular complexity index is 846. The zero-order valence-corrected chi connectivity index (χ0v) is 16.2. The molecule has 5 heteroatoms. The second-order valence-corrected chi connectivity index (χ2v) is 7.71. The fourth-order valence-corrected chi connectivity index (χ4v) is 4.44. The number of carbonyl (C=O) groups excluding carboxylic acids is 2. The number of aryl methyl sites for hydroxylation is 1. The Hall–Kier alpha value is -2.43. The van der Waals surface area contributed by atoms with Gasteiger partial charge < -0.3 is 10.3 Å². The van der Waals surface area contributed by atoms with Gasteiger partial charge >= 0.3 is 0 Å². The molecule has 0 saturated heterocycles. The number of halogens is 1. The van der Waals surface area contributed by atoms with Gasteiger partial charge in [-0.1, -0.05) is 31.4 Å². The first-order chi connectivity index (χ1) is 12.8. The largest absolute Gasteiger partial charge is 0.354 e. The SMILES string of the molecule is CC(=O)c1c(C)[nH]c(C(=O)NCC2(c3ccc(F)cc3)CCCCC2)c1C. The van der Waals surface area contributed by atoms with Crippen molar-refractivity contribution in [2.45, 2.75) is 58.3 Å². The van der Waals surface area contributed by atoms with E-state index in [2.05, 4.69) is 10.3 Å². The molecule has 0 radical (unpaired) electrons. The molecular formula is C22H27FN2O2. The maximum absolute atomic E-state index is 13.4. The van der Waals surface area contributed by atoms with Crippen LogP contribution in [0.1, 0.15) is 76.7 Å². The molecule has 3 rings (SSSR count). The first kappa shape index (κ1) is 19.3. The topological polar surface area (TPSA) is 62.0 Å². The molecule has 0 aliphatic heterocycles. The van der Waals surface area contributed by atoms with E-state index in [0.717, 1.165) is 36.9 Å². The molecule has 1 aromatic heterocycles. The van der Waals surface area contributed by atoms with Crippen LogP contribution in [0.15, 0.2) is 24.3 Å². The van der Waals surface area contributed by atoms with Crippen molar-refractivity contribution in [2.24, 2.45) is 0 Å². The molecule has 0 unspecified atom stereocenters. The van der Waals surface area contributed by atoms with Crippen molar-refractivity contribution < 1.29 is 14.0 Å². The molecule has 1 fully saturated rings. The third-order valence-corrected chi connectivity index (χ3v) is 5.87. The zero-order valence-electron chi connectivity index (χ0n) is 16.2. The molecule has 2 aromatic rings. The highest BCUT2D eigenvalue weighted by molar-refractivity contribution is 6.02. The van der Waals surface area contributed by atoms with Gasteiger partial charge in [-0.3, -0.25) is 9.59 Å². The Balaban J connectivity index is 1.82. The standard InChI is InChI=1S/C22H27FN2O2/c1-14-19(16(3)26)15(2)25-20(14)21(27)24-13-22(11-5-4-6-12-22)17-7-9-18(23)10-8-17/h7-10,25H,4-6,11-13H2,1-3H3,(H,24,27). The Morgan fingerprint density at radius 3 is 2.30 bits per heavy atom. The van der Waals surface area contributed by atoms with E-state index in [1.165, 1.54) is 25.5 Å². The Labute approximate surface area is 159 Å². The third kappa shape index (κ3) is 3.82.